The van der Waals surface area contributed by atoms with Crippen LogP contribution in [-0.2, 0) is 4.79 Å². The number of hydrogen-bond donors (Lipinski definition) is 1. The van der Waals surface area contributed by atoms with Crippen molar-refractivity contribution in [1.82, 2.24) is 4.90 Å². The second kappa shape index (κ2) is 6.43. The van der Waals surface area contributed by atoms with E-state index in [2.05, 4.69) is 21.2 Å². The van der Waals surface area contributed by atoms with E-state index in [1.165, 1.54) is 6.42 Å². The molecule has 1 heterocycles. The van der Waals surface area contributed by atoms with Crippen LogP contribution in [0.15, 0.2) is 22.7 Å². The molecule has 0 unspecified atom stereocenters. The van der Waals surface area contributed by atoms with E-state index in [1.807, 2.05) is 23.1 Å². The summed E-state index contributed by atoms with van der Waals surface area (Å²) in [6, 6.07) is 5.59. The lowest BCUT2D eigenvalue weighted by atomic mass is 10.1. The van der Waals surface area contributed by atoms with Crippen LogP contribution < -0.4 is 5.32 Å². The molecule has 98 valence electrons. The van der Waals surface area contributed by atoms with Crippen LogP contribution in [0.4, 0.5) is 5.69 Å². The number of halogens is 2. The quantitative estimate of drug-likeness (QED) is 0.919. The third-order valence-electron chi connectivity index (χ3n) is 3.07. The van der Waals surface area contributed by atoms with Crippen molar-refractivity contribution in [3.8, 4) is 0 Å². The summed E-state index contributed by atoms with van der Waals surface area (Å²) in [5, 5.41) is 3.71. The maximum Gasteiger partial charge on any atom is 0.241 e. The van der Waals surface area contributed by atoms with Crippen LogP contribution in [0.5, 0.6) is 0 Å². The molecule has 5 heteroatoms. The molecule has 1 fully saturated rings. The summed E-state index contributed by atoms with van der Waals surface area (Å²) in [7, 11) is 0. The smallest absolute Gasteiger partial charge is 0.241 e. The van der Waals surface area contributed by atoms with Crippen molar-refractivity contribution < 1.29 is 4.79 Å². The minimum atomic E-state index is 0.147. The molecule has 0 atom stereocenters. The monoisotopic (exact) mass is 330 g/mol. The Balaban J connectivity index is 1.88. The molecule has 1 saturated heterocycles. The van der Waals surface area contributed by atoms with Crippen molar-refractivity contribution >= 4 is 39.1 Å². The van der Waals surface area contributed by atoms with Gasteiger partial charge in [0, 0.05) is 17.6 Å². The van der Waals surface area contributed by atoms with E-state index < -0.39 is 0 Å². The topological polar surface area (TPSA) is 32.3 Å². The van der Waals surface area contributed by atoms with Crippen molar-refractivity contribution in [2.75, 3.05) is 25.0 Å². The Kier molecular flexibility index (Phi) is 4.89. The Bertz CT molecular complexity index is 433. The number of piperidine rings is 1. The molecule has 2 rings (SSSR count). The number of anilines is 1. The molecule has 1 amide bonds. The molecule has 1 N–H and O–H groups in total. The lowest BCUT2D eigenvalue weighted by Gasteiger charge is -2.27. The summed E-state index contributed by atoms with van der Waals surface area (Å²) in [5.74, 6) is 0.147. The van der Waals surface area contributed by atoms with Gasteiger partial charge < -0.3 is 10.2 Å². The van der Waals surface area contributed by atoms with Crippen LogP contribution in [0, 0.1) is 0 Å². The molecule has 0 spiro atoms. The number of rotatable bonds is 3. The third-order valence-corrected chi connectivity index (χ3v) is 3.88. The molecular formula is C13H16BrClN2O. The Labute approximate surface area is 121 Å². The molecule has 3 nitrogen and oxygen atoms in total. The number of carbonyl (C=O) groups excluding carboxylic acids is 1. The highest BCUT2D eigenvalue weighted by molar-refractivity contribution is 9.10. The Morgan fingerprint density at radius 3 is 2.72 bits per heavy atom. The number of carbonyl (C=O) groups is 1. The van der Waals surface area contributed by atoms with Gasteiger partial charge in [-0.15, -0.1) is 0 Å². The molecule has 0 radical (unpaired) electrons. The van der Waals surface area contributed by atoms with Crippen LogP contribution in [-0.4, -0.2) is 30.4 Å². The zero-order chi connectivity index (χ0) is 13.0. The summed E-state index contributed by atoms with van der Waals surface area (Å²) in [4.78, 5) is 13.9. The lowest BCUT2D eigenvalue weighted by molar-refractivity contribution is -0.130. The van der Waals surface area contributed by atoms with Gasteiger partial charge in [-0.05, 0) is 37.5 Å². The van der Waals surface area contributed by atoms with E-state index in [1.54, 1.807) is 0 Å². The van der Waals surface area contributed by atoms with Crippen molar-refractivity contribution in [3.63, 3.8) is 0 Å². The Hall–Kier alpha value is -0.740. The highest BCUT2D eigenvalue weighted by Gasteiger charge is 2.16. The van der Waals surface area contributed by atoms with Gasteiger partial charge in [0.2, 0.25) is 5.91 Å². The molecule has 0 aromatic heterocycles. The highest BCUT2D eigenvalue weighted by Crippen LogP contribution is 2.25. The number of likely N-dealkylation sites (tertiary alicyclic amines) is 1. The molecule has 1 aliphatic rings. The molecule has 1 aromatic rings. The fourth-order valence-electron chi connectivity index (χ4n) is 2.06. The molecule has 0 aliphatic carbocycles. The van der Waals surface area contributed by atoms with E-state index in [4.69, 9.17) is 11.6 Å². The van der Waals surface area contributed by atoms with Gasteiger partial charge in [-0.1, -0.05) is 27.5 Å². The van der Waals surface area contributed by atoms with Crippen molar-refractivity contribution in [3.05, 3.63) is 27.7 Å². The first kappa shape index (κ1) is 13.7. The number of hydrogen-bond acceptors (Lipinski definition) is 2. The zero-order valence-corrected chi connectivity index (χ0v) is 12.4. The van der Waals surface area contributed by atoms with Crippen LogP contribution in [0.3, 0.4) is 0 Å². The summed E-state index contributed by atoms with van der Waals surface area (Å²) >= 11 is 9.43. The van der Waals surface area contributed by atoms with Gasteiger partial charge in [0.05, 0.1) is 17.3 Å². The van der Waals surface area contributed by atoms with Gasteiger partial charge in [0.1, 0.15) is 0 Å². The van der Waals surface area contributed by atoms with Crippen molar-refractivity contribution in [2.24, 2.45) is 0 Å². The average molecular weight is 332 g/mol. The van der Waals surface area contributed by atoms with E-state index in [9.17, 15) is 4.79 Å². The van der Waals surface area contributed by atoms with Gasteiger partial charge in [-0.2, -0.15) is 0 Å². The van der Waals surface area contributed by atoms with E-state index in [0.29, 0.717) is 11.6 Å². The normalized spacial score (nSPS) is 15.6. The molecule has 18 heavy (non-hydrogen) atoms. The first-order valence-corrected chi connectivity index (χ1v) is 7.30. The second-order valence-corrected chi connectivity index (χ2v) is 5.74. The number of nitrogens with zero attached hydrogens (tertiary/aromatic N) is 1. The van der Waals surface area contributed by atoms with Gasteiger partial charge in [0.15, 0.2) is 0 Å². The van der Waals surface area contributed by atoms with Gasteiger partial charge in [-0.25, -0.2) is 0 Å². The average Bonchev–Trinajstić information content (AvgIpc) is 2.38. The standard InChI is InChI=1S/C13H16BrClN2O/c14-10-4-5-12(11(15)8-10)16-9-13(18)17-6-2-1-3-7-17/h4-5,8,16H,1-3,6-7,9H2. The number of benzene rings is 1. The van der Waals surface area contributed by atoms with E-state index >= 15 is 0 Å². The van der Waals surface area contributed by atoms with Crippen LogP contribution in [0.2, 0.25) is 5.02 Å². The minimum absolute atomic E-state index is 0.147. The SMILES string of the molecule is O=C(CNc1ccc(Br)cc1Cl)N1CCCCC1. The number of nitrogens with one attached hydrogen (secondary N) is 1. The maximum absolute atomic E-state index is 12.0. The fourth-order valence-corrected chi connectivity index (χ4v) is 2.80. The predicted octanol–water partition coefficient (Wildman–Crippen LogP) is 3.53. The van der Waals surface area contributed by atoms with Crippen LogP contribution >= 0.6 is 27.5 Å². The minimum Gasteiger partial charge on any atom is -0.375 e. The molecule has 0 saturated carbocycles. The summed E-state index contributed by atoms with van der Waals surface area (Å²) < 4.78 is 0.931. The van der Waals surface area contributed by atoms with Gasteiger partial charge >= 0.3 is 0 Å². The van der Waals surface area contributed by atoms with Crippen LogP contribution in [0.1, 0.15) is 19.3 Å². The van der Waals surface area contributed by atoms with Gasteiger partial charge in [0.25, 0.3) is 0 Å². The largest absolute Gasteiger partial charge is 0.375 e. The molecule has 1 aromatic carbocycles. The van der Waals surface area contributed by atoms with Gasteiger partial charge in [-0.3, -0.25) is 4.79 Å². The zero-order valence-electron chi connectivity index (χ0n) is 10.1. The first-order chi connectivity index (χ1) is 8.66. The molecular weight excluding hydrogens is 316 g/mol. The fraction of sp³-hybridized carbons (Fsp3) is 0.462. The second-order valence-electron chi connectivity index (χ2n) is 4.42. The van der Waals surface area contributed by atoms with Crippen LogP contribution in [0.25, 0.3) is 0 Å². The first-order valence-electron chi connectivity index (χ1n) is 6.13. The van der Waals surface area contributed by atoms with Crippen molar-refractivity contribution in [2.45, 2.75) is 19.3 Å². The molecule has 0 bridgehead atoms. The Morgan fingerprint density at radius 1 is 1.33 bits per heavy atom. The summed E-state index contributed by atoms with van der Waals surface area (Å²) in [6.07, 6.45) is 3.46. The van der Waals surface area contributed by atoms with E-state index in [0.717, 1.165) is 36.1 Å². The number of amides is 1. The predicted molar refractivity (Wildman–Crippen MR) is 78.1 cm³/mol. The highest BCUT2D eigenvalue weighted by atomic mass is 79.9. The summed E-state index contributed by atoms with van der Waals surface area (Å²) in [5.41, 5.74) is 0.797. The lowest BCUT2D eigenvalue weighted by Crippen LogP contribution is -2.39. The van der Waals surface area contributed by atoms with E-state index in [-0.39, 0.29) is 5.91 Å². The molecule has 1 aliphatic heterocycles. The Morgan fingerprint density at radius 2 is 2.06 bits per heavy atom. The maximum atomic E-state index is 12.0. The van der Waals surface area contributed by atoms with Crippen molar-refractivity contribution in [1.29, 1.82) is 0 Å². The third kappa shape index (κ3) is 3.62. The summed E-state index contributed by atoms with van der Waals surface area (Å²) in [6.45, 7) is 2.07.